The van der Waals surface area contributed by atoms with Gasteiger partial charge in [0.15, 0.2) is 6.29 Å². The summed E-state index contributed by atoms with van der Waals surface area (Å²) in [6.07, 6.45) is -3.89. The van der Waals surface area contributed by atoms with Gasteiger partial charge in [-0.3, -0.25) is 4.79 Å². The van der Waals surface area contributed by atoms with Crippen molar-refractivity contribution in [3.05, 3.63) is 40.4 Å². The van der Waals surface area contributed by atoms with Gasteiger partial charge in [-0.15, -0.1) is 11.3 Å². The number of carbonyl (C=O) groups is 1. The van der Waals surface area contributed by atoms with Crippen molar-refractivity contribution in [2.75, 3.05) is 0 Å². The summed E-state index contributed by atoms with van der Waals surface area (Å²) < 4.78 is 38.5. The van der Waals surface area contributed by atoms with E-state index in [4.69, 9.17) is 0 Å². The van der Waals surface area contributed by atoms with Gasteiger partial charge in [0.2, 0.25) is 0 Å². The quantitative estimate of drug-likeness (QED) is 0.774. The Morgan fingerprint density at radius 3 is 2.50 bits per heavy atom. The summed E-state index contributed by atoms with van der Waals surface area (Å²) in [6, 6.07) is 5.21. The number of hydrogen-bond acceptors (Lipinski definition) is 3. The zero-order valence-corrected chi connectivity index (χ0v) is 10.1. The van der Waals surface area contributed by atoms with E-state index in [0.29, 0.717) is 11.2 Å². The van der Waals surface area contributed by atoms with Crippen LogP contribution in [-0.4, -0.2) is 11.3 Å². The van der Waals surface area contributed by atoms with E-state index in [0.717, 1.165) is 17.4 Å². The van der Waals surface area contributed by atoms with Gasteiger partial charge >= 0.3 is 6.18 Å². The number of benzene rings is 1. The number of carbonyl (C=O) groups excluding carboxylic acids is 1. The average molecular weight is 271 g/mol. The van der Waals surface area contributed by atoms with Crippen LogP contribution >= 0.6 is 11.3 Å². The first kappa shape index (κ1) is 12.8. The van der Waals surface area contributed by atoms with Gasteiger partial charge in [0.1, 0.15) is 10.7 Å². The van der Waals surface area contributed by atoms with Gasteiger partial charge in [0, 0.05) is 10.4 Å². The van der Waals surface area contributed by atoms with Gasteiger partial charge in [-0.2, -0.15) is 13.2 Å². The number of nitrogens with zero attached hydrogens (tertiary/aromatic N) is 1. The summed E-state index contributed by atoms with van der Waals surface area (Å²) in [4.78, 5) is 15.2. The van der Waals surface area contributed by atoms with Crippen molar-refractivity contribution >= 4 is 17.6 Å². The molecule has 6 heteroatoms. The first-order chi connectivity index (χ1) is 8.43. The lowest BCUT2D eigenvalue weighted by Crippen LogP contribution is -2.06. The third-order valence-electron chi connectivity index (χ3n) is 2.41. The molecular weight excluding hydrogens is 263 g/mol. The van der Waals surface area contributed by atoms with Crippen molar-refractivity contribution in [2.24, 2.45) is 0 Å². The zero-order chi connectivity index (χ0) is 13.3. The number of aldehydes is 1. The molecule has 2 rings (SSSR count). The van der Waals surface area contributed by atoms with Crippen LogP contribution < -0.4 is 0 Å². The molecule has 0 bridgehead atoms. The fourth-order valence-electron chi connectivity index (χ4n) is 1.55. The Balaban J connectivity index is 2.60. The van der Waals surface area contributed by atoms with Gasteiger partial charge in [-0.05, 0) is 13.0 Å². The number of hydrogen-bond donors (Lipinski definition) is 0. The summed E-state index contributed by atoms with van der Waals surface area (Å²) in [6.45, 7) is 1.65. The fraction of sp³-hybridized carbons (Fsp3) is 0.167. The van der Waals surface area contributed by atoms with Crippen LogP contribution in [0, 0.1) is 6.92 Å². The van der Waals surface area contributed by atoms with E-state index in [-0.39, 0.29) is 16.3 Å². The van der Waals surface area contributed by atoms with Gasteiger partial charge < -0.3 is 0 Å². The number of alkyl halides is 3. The molecule has 2 aromatic rings. The standard InChI is InChI=1S/C12H8F3NOS/c1-7-10(6-17)16-11(18-7)8-4-2-3-5-9(8)12(13,14)15/h2-6H,1H3. The fourth-order valence-corrected chi connectivity index (χ4v) is 2.47. The Labute approximate surface area is 105 Å². The van der Waals surface area contributed by atoms with Gasteiger partial charge in [-0.25, -0.2) is 4.98 Å². The molecule has 0 aliphatic rings. The molecular formula is C12H8F3NOS. The first-order valence-electron chi connectivity index (χ1n) is 5.02. The van der Waals surface area contributed by atoms with Crippen LogP contribution in [-0.2, 0) is 6.18 Å². The summed E-state index contributed by atoms with van der Waals surface area (Å²) in [5.74, 6) is 0. The minimum Gasteiger partial charge on any atom is -0.296 e. The van der Waals surface area contributed by atoms with E-state index < -0.39 is 11.7 Å². The molecule has 94 valence electrons. The van der Waals surface area contributed by atoms with Crippen molar-refractivity contribution in [3.8, 4) is 10.6 Å². The minimum absolute atomic E-state index is 0.00574. The zero-order valence-electron chi connectivity index (χ0n) is 9.28. The van der Waals surface area contributed by atoms with E-state index in [2.05, 4.69) is 4.98 Å². The number of aromatic nitrogens is 1. The van der Waals surface area contributed by atoms with Crippen molar-refractivity contribution < 1.29 is 18.0 Å². The van der Waals surface area contributed by atoms with Crippen LogP contribution in [0.15, 0.2) is 24.3 Å². The predicted molar refractivity (Wildman–Crippen MR) is 62.7 cm³/mol. The van der Waals surface area contributed by atoms with Crippen LogP contribution in [0.5, 0.6) is 0 Å². The molecule has 2 nitrogen and oxygen atoms in total. The number of thiazole rings is 1. The molecule has 18 heavy (non-hydrogen) atoms. The molecule has 1 heterocycles. The van der Waals surface area contributed by atoms with Crippen molar-refractivity contribution in [2.45, 2.75) is 13.1 Å². The van der Waals surface area contributed by atoms with Crippen LogP contribution in [0.3, 0.4) is 0 Å². The first-order valence-corrected chi connectivity index (χ1v) is 5.84. The molecule has 0 fully saturated rings. The highest BCUT2D eigenvalue weighted by Gasteiger charge is 2.34. The van der Waals surface area contributed by atoms with E-state index in [1.165, 1.54) is 18.2 Å². The van der Waals surface area contributed by atoms with Crippen LogP contribution in [0.1, 0.15) is 20.9 Å². The topological polar surface area (TPSA) is 30.0 Å². The smallest absolute Gasteiger partial charge is 0.296 e. The van der Waals surface area contributed by atoms with Crippen LogP contribution in [0.25, 0.3) is 10.6 Å². The normalized spacial score (nSPS) is 11.6. The maximum atomic E-state index is 12.8. The van der Waals surface area contributed by atoms with Crippen LogP contribution in [0.4, 0.5) is 13.2 Å². The summed E-state index contributed by atoms with van der Waals surface area (Å²) in [7, 11) is 0. The summed E-state index contributed by atoms with van der Waals surface area (Å²) >= 11 is 1.08. The number of rotatable bonds is 2. The molecule has 0 N–H and O–H groups in total. The molecule has 0 amide bonds. The Hall–Kier alpha value is -1.69. The molecule has 0 spiro atoms. The summed E-state index contributed by atoms with van der Waals surface area (Å²) in [5.41, 5.74) is -0.547. The molecule has 0 aliphatic carbocycles. The van der Waals surface area contributed by atoms with E-state index in [1.807, 2.05) is 0 Å². The highest BCUT2D eigenvalue weighted by Crippen LogP contribution is 2.38. The molecule has 0 saturated heterocycles. The molecule has 0 saturated carbocycles. The third kappa shape index (κ3) is 2.28. The molecule has 0 radical (unpaired) electrons. The Morgan fingerprint density at radius 1 is 1.28 bits per heavy atom. The second-order valence-electron chi connectivity index (χ2n) is 3.62. The molecule has 0 unspecified atom stereocenters. The van der Waals surface area contributed by atoms with Gasteiger partial charge in [0.05, 0.1) is 5.56 Å². The Kier molecular flexibility index (Phi) is 3.21. The lowest BCUT2D eigenvalue weighted by atomic mass is 10.1. The average Bonchev–Trinajstić information content (AvgIpc) is 2.69. The SMILES string of the molecule is Cc1sc(-c2ccccc2C(F)(F)F)nc1C=O. The van der Waals surface area contributed by atoms with E-state index >= 15 is 0 Å². The maximum Gasteiger partial charge on any atom is 0.417 e. The third-order valence-corrected chi connectivity index (χ3v) is 3.43. The Morgan fingerprint density at radius 2 is 1.94 bits per heavy atom. The summed E-state index contributed by atoms with van der Waals surface area (Å²) in [5, 5.41) is 0.211. The lowest BCUT2D eigenvalue weighted by Gasteiger charge is -2.10. The lowest BCUT2D eigenvalue weighted by molar-refractivity contribution is -0.137. The van der Waals surface area contributed by atoms with Crippen molar-refractivity contribution in [3.63, 3.8) is 0 Å². The van der Waals surface area contributed by atoms with E-state index in [9.17, 15) is 18.0 Å². The number of halogens is 3. The molecule has 1 aromatic heterocycles. The minimum atomic E-state index is -4.43. The van der Waals surface area contributed by atoms with Gasteiger partial charge in [-0.1, -0.05) is 18.2 Å². The highest BCUT2D eigenvalue weighted by atomic mass is 32.1. The molecule has 0 aliphatic heterocycles. The Bertz CT molecular complexity index is 589. The van der Waals surface area contributed by atoms with Crippen molar-refractivity contribution in [1.82, 2.24) is 4.98 Å². The van der Waals surface area contributed by atoms with Crippen molar-refractivity contribution in [1.29, 1.82) is 0 Å². The second-order valence-corrected chi connectivity index (χ2v) is 4.82. The predicted octanol–water partition coefficient (Wildman–Crippen LogP) is 3.95. The van der Waals surface area contributed by atoms with Gasteiger partial charge in [0.25, 0.3) is 0 Å². The van der Waals surface area contributed by atoms with E-state index in [1.54, 1.807) is 6.92 Å². The molecule has 1 aromatic carbocycles. The number of aryl methyl sites for hydroxylation is 1. The second kappa shape index (κ2) is 4.53. The maximum absolute atomic E-state index is 12.8. The largest absolute Gasteiger partial charge is 0.417 e. The van der Waals surface area contributed by atoms with Crippen LogP contribution in [0.2, 0.25) is 0 Å². The molecule has 0 atom stereocenters. The monoisotopic (exact) mass is 271 g/mol. The highest BCUT2D eigenvalue weighted by molar-refractivity contribution is 7.15.